The lowest BCUT2D eigenvalue weighted by molar-refractivity contribution is 0.101. The topological polar surface area (TPSA) is 76.7 Å². The molecule has 3 aromatic carbocycles. The molecule has 30 heavy (non-hydrogen) atoms. The molecule has 0 heterocycles. The van der Waals surface area contributed by atoms with E-state index in [1.165, 1.54) is 7.11 Å². The number of hydrogen-bond donors (Lipinski definition) is 2. The van der Waals surface area contributed by atoms with Crippen molar-refractivity contribution in [1.82, 2.24) is 0 Å². The van der Waals surface area contributed by atoms with Crippen LogP contribution in [0.3, 0.4) is 0 Å². The molecule has 2 amide bonds. The number of ether oxygens (including phenoxy) is 2. The van der Waals surface area contributed by atoms with Crippen molar-refractivity contribution in [3.05, 3.63) is 82.9 Å². The molecule has 0 radical (unpaired) electrons. The third kappa shape index (κ3) is 5.10. The Kier molecular flexibility index (Phi) is 6.93. The molecule has 3 rings (SSSR count). The molecule has 0 bridgehead atoms. The van der Waals surface area contributed by atoms with Gasteiger partial charge >= 0.3 is 0 Å². The summed E-state index contributed by atoms with van der Waals surface area (Å²) in [6.07, 6.45) is 0. The Bertz CT molecular complexity index is 1050. The van der Waals surface area contributed by atoms with E-state index in [1.54, 1.807) is 66.7 Å². The first-order chi connectivity index (χ1) is 14.5. The lowest BCUT2D eigenvalue weighted by Gasteiger charge is -2.13. The fourth-order valence-electron chi connectivity index (χ4n) is 2.78. The first-order valence-electron chi connectivity index (χ1n) is 9.30. The Morgan fingerprint density at radius 1 is 0.933 bits per heavy atom. The maximum atomic E-state index is 12.5. The zero-order chi connectivity index (χ0) is 21.5. The number of methoxy groups -OCH3 is 1. The molecule has 154 valence electrons. The number of carbonyl (C=O) groups excluding carboxylic acids is 2. The van der Waals surface area contributed by atoms with Crippen LogP contribution < -0.4 is 20.1 Å². The SMILES string of the molecule is CCOc1ccc(C(=O)Nc2ccc(NC(=O)c3ccccc3Cl)c(OC)c2)cc1. The standard InChI is InChI=1S/C23H21ClN2O4/c1-3-30-17-11-8-15(9-12-17)22(27)25-16-10-13-20(21(14-16)29-2)26-23(28)18-6-4-5-7-19(18)24/h4-14H,3H2,1-2H3,(H,25,27)(H,26,28). The summed E-state index contributed by atoms with van der Waals surface area (Å²) >= 11 is 6.08. The maximum Gasteiger partial charge on any atom is 0.257 e. The van der Waals surface area contributed by atoms with E-state index in [-0.39, 0.29) is 11.8 Å². The van der Waals surface area contributed by atoms with Crippen molar-refractivity contribution in [3.8, 4) is 11.5 Å². The average molecular weight is 425 g/mol. The summed E-state index contributed by atoms with van der Waals surface area (Å²) < 4.78 is 10.7. The molecule has 0 spiro atoms. The molecule has 0 saturated carbocycles. The molecule has 3 aromatic rings. The van der Waals surface area contributed by atoms with Crippen molar-refractivity contribution in [2.24, 2.45) is 0 Å². The molecule has 7 heteroatoms. The molecular weight excluding hydrogens is 404 g/mol. The Hall–Kier alpha value is -3.51. The van der Waals surface area contributed by atoms with Crippen LogP contribution in [0, 0.1) is 0 Å². The Morgan fingerprint density at radius 2 is 1.67 bits per heavy atom. The normalized spacial score (nSPS) is 10.2. The predicted octanol–water partition coefficient (Wildman–Crippen LogP) is 5.25. The quantitative estimate of drug-likeness (QED) is 0.543. The Balaban J connectivity index is 1.72. The summed E-state index contributed by atoms with van der Waals surface area (Å²) in [4.78, 5) is 25.0. The average Bonchev–Trinajstić information content (AvgIpc) is 2.75. The summed E-state index contributed by atoms with van der Waals surface area (Å²) in [6.45, 7) is 2.46. The van der Waals surface area contributed by atoms with Gasteiger partial charge in [0, 0.05) is 17.3 Å². The second kappa shape index (κ2) is 9.80. The molecule has 0 saturated heterocycles. The van der Waals surface area contributed by atoms with Gasteiger partial charge in [-0.2, -0.15) is 0 Å². The van der Waals surface area contributed by atoms with Crippen molar-refractivity contribution in [2.45, 2.75) is 6.92 Å². The number of nitrogens with one attached hydrogen (secondary N) is 2. The number of anilines is 2. The number of rotatable bonds is 7. The van der Waals surface area contributed by atoms with Crippen molar-refractivity contribution in [3.63, 3.8) is 0 Å². The minimum Gasteiger partial charge on any atom is -0.494 e. The highest BCUT2D eigenvalue weighted by molar-refractivity contribution is 6.34. The second-order valence-corrected chi connectivity index (χ2v) is 6.67. The van der Waals surface area contributed by atoms with E-state index >= 15 is 0 Å². The molecular formula is C23H21ClN2O4. The second-order valence-electron chi connectivity index (χ2n) is 6.26. The van der Waals surface area contributed by atoms with E-state index in [1.807, 2.05) is 6.92 Å². The van der Waals surface area contributed by atoms with Gasteiger partial charge in [0.2, 0.25) is 0 Å². The minimum absolute atomic E-state index is 0.270. The fraction of sp³-hybridized carbons (Fsp3) is 0.130. The number of halogens is 1. The number of amides is 2. The highest BCUT2D eigenvalue weighted by atomic mass is 35.5. The van der Waals surface area contributed by atoms with Crippen molar-refractivity contribution in [1.29, 1.82) is 0 Å². The van der Waals surface area contributed by atoms with Crippen LogP contribution in [-0.4, -0.2) is 25.5 Å². The Morgan fingerprint density at radius 3 is 2.33 bits per heavy atom. The summed E-state index contributed by atoms with van der Waals surface area (Å²) in [5.74, 6) is 0.479. The number of carbonyl (C=O) groups is 2. The molecule has 0 aliphatic carbocycles. The molecule has 6 nitrogen and oxygen atoms in total. The van der Waals surface area contributed by atoms with Crippen LogP contribution in [0.25, 0.3) is 0 Å². The van der Waals surface area contributed by atoms with Gasteiger partial charge in [0.25, 0.3) is 11.8 Å². The number of hydrogen-bond acceptors (Lipinski definition) is 4. The fourth-order valence-corrected chi connectivity index (χ4v) is 3.00. The Labute approximate surface area is 179 Å². The van der Waals surface area contributed by atoms with Crippen LogP contribution in [0.5, 0.6) is 11.5 Å². The molecule has 2 N–H and O–H groups in total. The van der Waals surface area contributed by atoms with Gasteiger partial charge < -0.3 is 20.1 Å². The van der Waals surface area contributed by atoms with Gasteiger partial charge in [0.1, 0.15) is 11.5 Å². The summed E-state index contributed by atoms with van der Waals surface area (Å²) in [7, 11) is 1.48. The van der Waals surface area contributed by atoms with Gasteiger partial charge in [-0.15, -0.1) is 0 Å². The van der Waals surface area contributed by atoms with E-state index in [4.69, 9.17) is 21.1 Å². The van der Waals surface area contributed by atoms with Gasteiger partial charge in [-0.3, -0.25) is 9.59 Å². The molecule has 0 fully saturated rings. The minimum atomic E-state index is -0.356. The zero-order valence-corrected chi connectivity index (χ0v) is 17.3. The van der Waals surface area contributed by atoms with E-state index in [0.29, 0.717) is 45.6 Å². The van der Waals surface area contributed by atoms with Crippen molar-refractivity contribution < 1.29 is 19.1 Å². The number of benzene rings is 3. The van der Waals surface area contributed by atoms with Crippen LogP contribution in [0.15, 0.2) is 66.7 Å². The van der Waals surface area contributed by atoms with Crippen molar-refractivity contribution in [2.75, 3.05) is 24.4 Å². The van der Waals surface area contributed by atoms with Crippen LogP contribution in [-0.2, 0) is 0 Å². The highest BCUT2D eigenvalue weighted by Gasteiger charge is 2.14. The molecule has 0 atom stereocenters. The first kappa shape index (κ1) is 21.2. The summed E-state index contributed by atoms with van der Waals surface area (Å²) in [5, 5.41) is 5.94. The van der Waals surface area contributed by atoms with Crippen LogP contribution in [0.2, 0.25) is 5.02 Å². The molecule has 0 aliphatic rings. The van der Waals surface area contributed by atoms with E-state index < -0.39 is 0 Å². The third-order valence-electron chi connectivity index (χ3n) is 4.25. The summed E-state index contributed by atoms with van der Waals surface area (Å²) in [6, 6.07) is 18.6. The van der Waals surface area contributed by atoms with E-state index in [0.717, 1.165) is 0 Å². The predicted molar refractivity (Wildman–Crippen MR) is 118 cm³/mol. The molecule has 0 unspecified atom stereocenters. The van der Waals surface area contributed by atoms with E-state index in [9.17, 15) is 9.59 Å². The summed E-state index contributed by atoms with van der Waals surface area (Å²) in [5.41, 5.74) is 1.84. The van der Waals surface area contributed by atoms with Crippen LogP contribution in [0.4, 0.5) is 11.4 Å². The van der Waals surface area contributed by atoms with Crippen LogP contribution in [0.1, 0.15) is 27.6 Å². The highest BCUT2D eigenvalue weighted by Crippen LogP contribution is 2.29. The lowest BCUT2D eigenvalue weighted by atomic mass is 10.1. The smallest absolute Gasteiger partial charge is 0.257 e. The molecule has 0 aromatic heterocycles. The largest absolute Gasteiger partial charge is 0.494 e. The van der Waals surface area contributed by atoms with Gasteiger partial charge in [-0.1, -0.05) is 23.7 Å². The molecule has 0 aliphatic heterocycles. The van der Waals surface area contributed by atoms with Crippen LogP contribution >= 0.6 is 11.6 Å². The van der Waals surface area contributed by atoms with Gasteiger partial charge in [-0.25, -0.2) is 0 Å². The zero-order valence-electron chi connectivity index (χ0n) is 16.6. The first-order valence-corrected chi connectivity index (χ1v) is 9.67. The third-order valence-corrected chi connectivity index (χ3v) is 4.58. The van der Waals surface area contributed by atoms with Crippen molar-refractivity contribution >= 4 is 34.8 Å². The van der Waals surface area contributed by atoms with Gasteiger partial charge in [0.15, 0.2) is 0 Å². The monoisotopic (exact) mass is 424 g/mol. The van der Waals surface area contributed by atoms with Gasteiger partial charge in [0.05, 0.1) is 30.0 Å². The lowest BCUT2D eigenvalue weighted by Crippen LogP contribution is -2.14. The maximum absolute atomic E-state index is 12.5. The van der Waals surface area contributed by atoms with E-state index in [2.05, 4.69) is 10.6 Å². The van der Waals surface area contributed by atoms with Gasteiger partial charge in [-0.05, 0) is 55.5 Å².